The van der Waals surface area contributed by atoms with Crippen LogP contribution in [-0.4, -0.2) is 30.3 Å². The number of aryl methyl sites for hydroxylation is 1. The van der Waals surface area contributed by atoms with Gasteiger partial charge in [0.25, 0.3) is 0 Å². The standard InChI is InChI=1S/C22H24N4O3/c1-4-16-7-5-6-8-17(16)23-20-11-12-21(26-25-20)24-22(27)14-15-9-10-18(28-2)19(13-15)29-3/h5-13H,4,14H2,1-3H3,(H,23,25)(H,24,26,27). The van der Waals surface area contributed by atoms with Crippen molar-refractivity contribution in [3.05, 3.63) is 65.7 Å². The minimum absolute atomic E-state index is 0.186. The number of benzene rings is 2. The summed E-state index contributed by atoms with van der Waals surface area (Å²) < 4.78 is 10.5. The summed E-state index contributed by atoms with van der Waals surface area (Å²) in [4.78, 5) is 12.3. The number of hydrogen-bond donors (Lipinski definition) is 2. The molecular weight excluding hydrogens is 368 g/mol. The van der Waals surface area contributed by atoms with Crippen LogP contribution in [-0.2, 0) is 17.6 Å². The number of carbonyl (C=O) groups is 1. The molecule has 0 radical (unpaired) electrons. The van der Waals surface area contributed by atoms with Crippen LogP contribution in [0.5, 0.6) is 11.5 Å². The monoisotopic (exact) mass is 392 g/mol. The molecular formula is C22H24N4O3. The summed E-state index contributed by atoms with van der Waals surface area (Å²) in [6.45, 7) is 2.10. The van der Waals surface area contributed by atoms with Crippen molar-refractivity contribution in [3.8, 4) is 11.5 Å². The number of anilines is 3. The Balaban J connectivity index is 1.61. The summed E-state index contributed by atoms with van der Waals surface area (Å²) in [6, 6.07) is 16.9. The normalized spacial score (nSPS) is 10.3. The van der Waals surface area contributed by atoms with Crippen LogP contribution < -0.4 is 20.1 Å². The molecule has 0 saturated carbocycles. The van der Waals surface area contributed by atoms with Gasteiger partial charge >= 0.3 is 0 Å². The van der Waals surface area contributed by atoms with Crippen molar-refractivity contribution in [3.63, 3.8) is 0 Å². The first kappa shape index (κ1) is 20.1. The molecule has 150 valence electrons. The Morgan fingerprint density at radius 2 is 1.66 bits per heavy atom. The second-order valence-corrected chi connectivity index (χ2v) is 6.35. The number of amides is 1. The van der Waals surface area contributed by atoms with Crippen LogP contribution in [0.25, 0.3) is 0 Å². The highest BCUT2D eigenvalue weighted by Gasteiger charge is 2.10. The van der Waals surface area contributed by atoms with Crippen LogP contribution in [0, 0.1) is 0 Å². The summed E-state index contributed by atoms with van der Waals surface area (Å²) in [5.74, 6) is 2.02. The maximum absolute atomic E-state index is 12.3. The Hall–Kier alpha value is -3.61. The van der Waals surface area contributed by atoms with Crippen molar-refractivity contribution in [2.24, 2.45) is 0 Å². The zero-order valence-corrected chi connectivity index (χ0v) is 16.7. The van der Waals surface area contributed by atoms with E-state index in [0.717, 1.165) is 17.7 Å². The van der Waals surface area contributed by atoms with Gasteiger partial charge in [-0.05, 0) is 47.9 Å². The van der Waals surface area contributed by atoms with Gasteiger partial charge in [-0.3, -0.25) is 4.79 Å². The van der Waals surface area contributed by atoms with E-state index in [1.807, 2.05) is 24.3 Å². The molecule has 0 saturated heterocycles. The summed E-state index contributed by atoms with van der Waals surface area (Å²) in [6.07, 6.45) is 1.10. The second kappa shape index (κ2) is 9.54. The van der Waals surface area contributed by atoms with Gasteiger partial charge in [-0.2, -0.15) is 0 Å². The van der Waals surface area contributed by atoms with Gasteiger partial charge in [-0.25, -0.2) is 0 Å². The zero-order valence-electron chi connectivity index (χ0n) is 16.7. The fourth-order valence-corrected chi connectivity index (χ4v) is 2.92. The number of carbonyl (C=O) groups excluding carboxylic acids is 1. The first-order valence-electron chi connectivity index (χ1n) is 9.32. The molecule has 2 aromatic carbocycles. The molecule has 7 nitrogen and oxygen atoms in total. The van der Waals surface area contributed by atoms with Crippen molar-refractivity contribution in [1.82, 2.24) is 10.2 Å². The van der Waals surface area contributed by atoms with Gasteiger partial charge in [0.15, 0.2) is 23.1 Å². The molecule has 0 fully saturated rings. The van der Waals surface area contributed by atoms with Gasteiger partial charge in [0, 0.05) is 5.69 Å². The average molecular weight is 392 g/mol. The smallest absolute Gasteiger partial charge is 0.229 e. The van der Waals surface area contributed by atoms with Crippen molar-refractivity contribution in [1.29, 1.82) is 0 Å². The van der Waals surface area contributed by atoms with Crippen molar-refractivity contribution in [2.45, 2.75) is 19.8 Å². The van der Waals surface area contributed by atoms with Crippen LogP contribution >= 0.6 is 0 Å². The molecule has 0 aliphatic heterocycles. The predicted molar refractivity (Wildman–Crippen MR) is 113 cm³/mol. The van der Waals surface area contributed by atoms with Crippen LogP contribution in [0.15, 0.2) is 54.6 Å². The van der Waals surface area contributed by atoms with Crippen molar-refractivity contribution >= 4 is 23.2 Å². The van der Waals surface area contributed by atoms with E-state index in [0.29, 0.717) is 23.1 Å². The Morgan fingerprint density at radius 3 is 2.34 bits per heavy atom. The quantitative estimate of drug-likeness (QED) is 0.603. The molecule has 3 rings (SSSR count). The largest absolute Gasteiger partial charge is 0.493 e. The molecule has 29 heavy (non-hydrogen) atoms. The first-order valence-corrected chi connectivity index (χ1v) is 9.32. The number of ether oxygens (including phenoxy) is 2. The van der Waals surface area contributed by atoms with Gasteiger partial charge in [-0.15, -0.1) is 10.2 Å². The van der Waals surface area contributed by atoms with E-state index in [4.69, 9.17) is 9.47 Å². The Kier molecular flexibility index (Phi) is 6.63. The fraction of sp³-hybridized carbons (Fsp3) is 0.227. The maximum atomic E-state index is 12.3. The van der Waals surface area contributed by atoms with Crippen molar-refractivity contribution in [2.75, 3.05) is 24.9 Å². The molecule has 0 aliphatic rings. The molecule has 3 aromatic rings. The van der Waals surface area contributed by atoms with E-state index >= 15 is 0 Å². The lowest BCUT2D eigenvalue weighted by molar-refractivity contribution is -0.115. The third-order valence-electron chi connectivity index (χ3n) is 4.41. The molecule has 1 amide bonds. The number of methoxy groups -OCH3 is 2. The van der Waals surface area contributed by atoms with Gasteiger partial charge in [0.05, 0.1) is 20.6 Å². The second-order valence-electron chi connectivity index (χ2n) is 6.35. The lowest BCUT2D eigenvalue weighted by Crippen LogP contribution is -2.16. The molecule has 0 bridgehead atoms. The van der Waals surface area contributed by atoms with Gasteiger partial charge in [0.1, 0.15) is 0 Å². The molecule has 7 heteroatoms. The topological polar surface area (TPSA) is 85.4 Å². The molecule has 1 heterocycles. The molecule has 2 N–H and O–H groups in total. The van der Waals surface area contributed by atoms with Gasteiger partial charge in [0.2, 0.25) is 5.91 Å². The summed E-state index contributed by atoms with van der Waals surface area (Å²) >= 11 is 0. The third kappa shape index (κ3) is 5.22. The van der Waals surface area contributed by atoms with Crippen LogP contribution in [0.4, 0.5) is 17.3 Å². The lowest BCUT2D eigenvalue weighted by atomic mass is 10.1. The van der Waals surface area contributed by atoms with E-state index in [2.05, 4.69) is 33.8 Å². The zero-order chi connectivity index (χ0) is 20.6. The number of hydrogen-bond acceptors (Lipinski definition) is 6. The highest BCUT2D eigenvalue weighted by atomic mass is 16.5. The predicted octanol–water partition coefficient (Wildman–Crippen LogP) is 3.98. The molecule has 0 spiro atoms. The Morgan fingerprint density at radius 1 is 0.931 bits per heavy atom. The minimum atomic E-state index is -0.191. The third-order valence-corrected chi connectivity index (χ3v) is 4.41. The first-order chi connectivity index (χ1) is 14.1. The maximum Gasteiger partial charge on any atom is 0.229 e. The summed E-state index contributed by atoms with van der Waals surface area (Å²) in [7, 11) is 3.13. The molecule has 0 atom stereocenters. The van der Waals surface area contributed by atoms with E-state index in [1.54, 1.807) is 38.5 Å². The van der Waals surface area contributed by atoms with Gasteiger partial charge < -0.3 is 20.1 Å². The highest BCUT2D eigenvalue weighted by molar-refractivity contribution is 5.91. The van der Waals surface area contributed by atoms with Gasteiger partial charge in [-0.1, -0.05) is 31.2 Å². The Labute approximate surface area is 170 Å². The lowest BCUT2D eigenvalue weighted by Gasteiger charge is -2.11. The number of nitrogens with one attached hydrogen (secondary N) is 2. The highest BCUT2D eigenvalue weighted by Crippen LogP contribution is 2.27. The summed E-state index contributed by atoms with van der Waals surface area (Å²) in [5.41, 5.74) is 3.00. The SMILES string of the molecule is CCc1ccccc1Nc1ccc(NC(=O)Cc2ccc(OC)c(OC)c2)nn1. The van der Waals surface area contributed by atoms with E-state index in [-0.39, 0.29) is 12.3 Å². The van der Waals surface area contributed by atoms with E-state index < -0.39 is 0 Å². The van der Waals surface area contributed by atoms with Crippen LogP contribution in [0.3, 0.4) is 0 Å². The van der Waals surface area contributed by atoms with Crippen LogP contribution in [0.1, 0.15) is 18.1 Å². The fourth-order valence-electron chi connectivity index (χ4n) is 2.92. The summed E-state index contributed by atoms with van der Waals surface area (Å²) in [5, 5.41) is 14.2. The number of para-hydroxylation sites is 1. The van der Waals surface area contributed by atoms with Crippen LogP contribution in [0.2, 0.25) is 0 Å². The molecule has 0 unspecified atom stereocenters. The van der Waals surface area contributed by atoms with E-state index in [1.165, 1.54) is 5.56 Å². The minimum Gasteiger partial charge on any atom is -0.493 e. The molecule has 0 aliphatic carbocycles. The number of rotatable bonds is 8. The average Bonchev–Trinajstić information content (AvgIpc) is 2.75. The number of nitrogens with zero attached hydrogens (tertiary/aromatic N) is 2. The van der Waals surface area contributed by atoms with Crippen molar-refractivity contribution < 1.29 is 14.3 Å². The number of aromatic nitrogens is 2. The van der Waals surface area contributed by atoms with E-state index in [9.17, 15) is 4.79 Å². The Bertz CT molecular complexity index is 974. The molecule has 1 aromatic heterocycles.